The molecule has 4 heteroatoms. The summed E-state index contributed by atoms with van der Waals surface area (Å²) in [5, 5.41) is 0. The normalized spacial score (nSPS) is 14.9. The Morgan fingerprint density at radius 1 is 0.303 bits per heavy atom. The van der Waals surface area contributed by atoms with Gasteiger partial charge in [0.05, 0.1) is 22.2 Å². The van der Waals surface area contributed by atoms with Crippen molar-refractivity contribution >= 4 is 63.3 Å². The second kappa shape index (κ2) is 14.2. The smallest absolute Gasteiger partial charge is 0.242 e. The van der Waals surface area contributed by atoms with Crippen molar-refractivity contribution in [1.29, 1.82) is 0 Å². The standard InChI is InChI=1S/C62H41B2NO/c1-3-20-42(21-4-1)61(43-22-5-2-6-23-43)46-24-7-13-32-54(46)64-55-33-14-10-27-49(55)62(51-29-19-28-50(61)60(51)64)47-25-8-11-30-52(47)63(53-31-12-9-26-48(53)62)44-38-40-45(41-39-44)65-56-34-15-17-36-58(56)66-59-37-18-16-35-57(59)65/h1-41H. The van der Waals surface area contributed by atoms with Crippen molar-refractivity contribution in [3.63, 3.8) is 0 Å². The number of nitrogens with zero attached hydrogens (tertiary/aromatic N) is 1. The quantitative estimate of drug-likeness (QED) is 0.164. The number of para-hydroxylation sites is 4. The molecule has 10 aromatic rings. The maximum Gasteiger partial charge on any atom is 0.242 e. The molecule has 10 aromatic carbocycles. The first kappa shape index (κ1) is 37.3. The molecule has 0 bridgehead atoms. The minimum atomic E-state index is -0.589. The van der Waals surface area contributed by atoms with Crippen LogP contribution in [0.5, 0.6) is 11.5 Å². The fourth-order valence-corrected chi connectivity index (χ4v) is 12.9. The van der Waals surface area contributed by atoms with Crippen molar-refractivity contribution in [2.75, 3.05) is 4.90 Å². The maximum absolute atomic E-state index is 6.39. The van der Waals surface area contributed by atoms with E-state index in [2.05, 4.69) is 241 Å². The highest BCUT2D eigenvalue weighted by Crippen LogP contribution is 2.53. The van der Waals surface area contributed by atoms with Gasteiger partial charge in [0.1, 0.15) is 0 Å². The van der Waals surface area contributed by atoms with E-state index in [4.69, 9.17) is 4.74 Å². The second-order valence-corrected chi connectivity index (χ2v) is 18.2. The average molecular weight is 838 g/mol. The number of benzene rings is 10. The summed E-state index contributed by atoms with van der Waals surface area (Å²) in [6.45, 7) is 0.0639. The number of hydrogen-bond donors (Lipinski definition) is 0. The molecule has 0 aromatic heterocycles. The molecular weight excluding hydrogens is 796 g/mol. The summed E-state index contributed by atoms with van der Waals surface area (Å²) in [6.07, 6.45) is 0. The molecule has 14 rings (SSSR count). The van der Waals surface area contributed by atoms with Crippen LogP contribution in [0.25, 0.3) is 0 Å². The lowest BCUT2D eigenvalue weighted by Gasteiger charge is -2.53. The minimum absolute atomic E-state index is 0.0132. The first-order valence-corrected chi connectivity index (χ1v) is 23.2. The molecule has 0 unspecified atom stereocenters. The summed E-state index contributed by atoms with van der Waals surface area (Å²) in [6, 6.07) is 93.0. The summed E-state index contributed by atoms with van der Waals surface area (Å²) < 4.78 is 6.39. The highest BCUT2D eigenvalue weighted by molar-refractivity contribution is 6.98. The summed E-state index contributed by atoms with van der Waals surface area (Å²) in [7, 11) is 0. The zero-order chi connectivity index (χ0) is 43.4. The molecule has 2 nitrogen and oxygen atoms in total. The predicted octanol–water partition coefficient (Wildman–Crippen LogP) is 10.0. The molecule has 4 heterocycles. The number of fused-ring (bicyclic) bond motifs is 12. The fourth-order valence-electron chi connectivity index (χ4n) is 12.9. The van der Waals surface area contributed by atoms with Gasteiger partial charge in [0.2, 0.25) is 13.4 Å². The summed E-state index contributed by atoms with van der Waals surface area (Å²) in [4.78, 5) is 2.33. The van der Waals surface area contributed by atoms with Crippen LogP contribution in [0.2, 0.25) is 0 Å². The molecule has 4 aliphatic rings. The molecule has 0 N–H and O–H groups in total. The Morgan fingerprint density at radius 3 is 1.18 bits per heavy atom. The number of rotatable bonds is 4. The van der Waals surface area contributed by atoms with Crippen LogP contribution in [-0.4, -0.2) is 13.4 Å². The van der Waals surface area contributed by atoms with Crippen molar-refractivity contribution in [2.45, 2.75) is 10.8 Å². The van der Waals surface area contributed by atoms with Gasteiger partial charge in [-0.3, -0.25) is 0 Å². The molecule has 0 aliphatic carbocycles. The van der Waals surface area contributed by atoms with Crippen LogP contribution < -0.4 is 42.4 Å². The summed E-state index contributed by atoms with van der Waals surface area (Å²) >= 11 is 0. The van der Waals surface area contributed by atoms with Crippen molar-refractivity contribution in [3.05, 3.63) is 293 Å². The molecular formula is C62H41B2NO. The molecule has 306 valence electrons. The van der Waals surface area contributed by atoms with E-state index in [1.165, 1.54) is 77.3 Å². The van der Waals surface area contributed by atoms with Gasteiger partial charge in [0.25, 0.3) is 0 Å². The monoisotopic (exact) mass is 837 g/mol. The van der Waals surface area contributed by atoms with E-state index >= 15 is 0 Å². The van der Waals surface area contributed by atoms with Crippen molar-refractivity contribution < 1.29 is 4.74 Å². The Bertz CT molecular complexity index is 3420. The van der Waals surface area contributed by atoms with Gasteiger partial charge in [-0.15, -0.1) is 0 Å². The molecule has 4 aliphatic heterocycles. The third-order valence-corrected chi connectivity index (χ3v) is 15.2. The van der Waals surface area contributed by atoms with Gasteiger partial charge in [-0.25, -0.2) is 0 Å². The Labute approximate surface area is 386 Å². The third-order valence-electron chi connectivity index (χ3n) is 15.2. The zero-order valence-electron chi connectivity index (χ0n) is 36.2. The molecule has 0 radical (unpaired) electrons. The fraction of sp³-hybridized carbons (Fsp3) is 0.0323. The van der Waals surface area contributed by atoms with Crippen LogP contribution in [0.3, 0.4) is 0 Å². The van der Waals surface area contributed by atoms with Crippen LogP contribution in [-0.2, 0) is 10.8 Å². The third kappa shape index (κ3) is 4.88. The maximum atomic E-state index is 6.39. The lowest BCUT2D eigenvalue weighted by Crippen LogP contribution is -2.71. The van der Waals surface area contributed by atoms with Crippen LogP contribution in [0.1, 0.15) is 44.5 Å². The van der Waals surface area contributed by atoms with E-state index in [-0.39, 0.29) is 13.4 Å². The van der Waals surface area contributed by atoms with Crippen LogP contribution in [0.15, 0.2) is 249 Å². The van der Waals surface area contributed by atoms with E-state index in [1.807, 2.05) is 12.1 Å². The Hall–Kier alpha value is -8.07. The zero-order valence-corrected chi connectivity index (χ0v) is 36.2. The van der Waals surface area contributed by atoms with Crippen LogP contribution in [0.4, 0.5) is 17.1 Å². The lowest BCUT2D eigenvalue weighted by atomic mass is 9.24. The molecule has 0 saturated carbocycles. The number of anilines is 3. The van der Waals surface area contributed by atoms with Crippen LogP contribution >= 0.6 is 0 Å². The molecule has 0 amide bonds. The van der Waals surface area contributed by atoms with Gasteiger partial charge >= 0.3 is 0 Å². The van der Waals surface area contributed by atoms with E-state index in [0.29, 0.717) is 0 Å². The van der Waals surface area contributed by atoms with Gasteiger partial charge in [-0.05, 0) is 80.9 Å². The molecule has 1 spiro atoms. The van der Waals surface area contributed by atoms with Gasteiger partial charge in [-0.2, -0.15) is 0 Å². The highest BCUT2D eigenvalue weighted by atomic mass is 16.5. The molecule has 0 atom stereocenters. The largest absolute Gasteiger partial charge is 0.453 e. The molecule has 66 heavy (non-hydrogen) atoms. The number of hydrogen-bond acceptors (Lipinski definition) is 2. The summed E-state index contributed by atoms with van der Waals surface area (Å²) in [5.74, 6) is 1.71. The van der Waals surface area contributed by atoms with Gasteiger partial charge < -0.3 is 9.64 Å². The lowest BCUT2D eigenvalue weighted by molar-refractivity contribution is 0.477. The van der Waals surface area contributed by atoms with Crippen molar-refractivity contribution in [1.82, 2.24) is 0 Å². The van der Waals surface area contributed by atoms with E-state index in [9.17, 15) is 0 Å². The van der Waals surface area contributed by atoms with Crippen LogP contribution in [0, 0.1) is 0 Å². The van der Waals surface area contributed by atoms with E-state index < -0.39 is 10.8 Å². The van der Waals surface area contributed by atoms with Crippen molar-refractivity contribution in [2.24, 2.45) is 0 Å². The first-order valence-electron chi connectivity index (χ1n) is 23.2. The van der Waals surface area contributed by atoms with Gasteiger partial charge in [0, 0.05) is 5.69 Å². The minimum Gasteiger partial charge on any atom is -0.453 e. The molecule has 0 saturated heterocycles. The van der Waals surface area contributed by atoms with Crippen molar-refractivity contribution in [3.8, 4) is 11.5 Å². The predicted molar refractivity (Wildman–Crippen MR) is 274 cm³/mol. The SMILES string of the molecule is c1ccc(C2(c3ccccc3)c3ccccc3B3c4ccccc4C4(c5ccccc5B(c5ccc(N6c7ccccc7Oc7ccccc76)cc5)c5ccccc54)c4cccc2c43)cc1. The number of ether oxygens (including phenoxy) is 1. The van der Waals surface area contributed by atoms with Gasteiger partial charge in [-0.1, -0.05) is 245 Å². The Morgan fingerprint density at radius 2 is 0.682 bits per heavy atom. The highest BCUT2D eigenvalue weighted by Gasteiger charge is 2.57. The topological polar surface area (TPSA) is 12.5 Å². The summed E-state index contributed by atoms with van der Waals surface area (Å²) in [5.41, 5.74) is 20.8. The molecule has 0 fully saturated rings. The van der Waals surface area contributed by atoms with E-state index in [0.717, 1.165) is 28.6 Å². The second-order valence-electron chi connectivity index (χ2n) is 18.2. The van der Waals surface area contributed by atoms with Gasteiger partial charge in [0.15, 0.2) is 11.5 Å². The Balaban J connectivity index is 1.02. The van der Waals surface area contributed by atoms with E-state index in [1.54, 1.807) is 0 Å². The first-order chi connectivity index (χ1) is 32.8. The average Bonchev–Trinajstić information content (AvgIpc) is 3.39. The Kier molecular flexibility index (Phi) is 8.04.